The van der Waals surface area contributed by atoms with E-state index in [-0.39, 0.29) is 17.1 Å². The third-order valence-electron chi connectivity index (χ3n) is 2.54. The molecule has 0 aliphatic carbocycles. The number of carboxylic acids is 1. The molecule has 7 nitrogen and oxygen atoms in total. The van der Waals surface area contributed by atoms with E-state index in [1.165, 1.54) is 25.1 Å². The van der Waals surface area contributed by atoms with Gasteiger partial charge in [-0.1, -0.05) is 6.07 Å². The monoisotopic (exact) mass is 329 g/mol. The molecule has 0 heterocycles. The lowest BCUT2D eigenvalue weighted by Crippen LogP contribution is -2.41. The van der Waals surface area contributed by atoms with E-state index in [1.54, 1.807) is 20.8 Å². The summed E-state index contributed by atoms with van der Waals surface area (Å²) in [6.07, 6.45) is 0. The van der Waals surface area contributed by atoms with Gasteiger partial charge >= 0.3 is 16.1 Å². The largest absolute Gasteiger partial charge is 0.478 e. The molecule has 2 N–H and O–H groups in total. The van der Waals surface area contributed by atoms with Gasteiger partial charge in [-0.25, -0.2) is 4.79 Å². The quantitative estimate of drug-likeness (QED) is 0.795. The van der Waals surface area contributed by atoms with Gasteiger partial charge in [0, 0.05) is 5.54 Å². The fourth-order valence-electron chi connectivity index (χ4n) is 1.61. The molecule has 122 valence electrons. The van der Waals surface area contributed by atoms with Gasteiger partial charge in [-0.15, -0.1) is 0 Å². The van der Waals surface area contributed by atoms with Crippen LogP contribution in [0.5, 0.6) is 5.75 Å². The maximum Gasteiger partial charge on any atom is 0.340 e. The molecular weight excluding hydrogens is 310 g/mol. The van der Waals surface area contributed by atoms with Crippen molar-refractivity contribution in [2.75, 3.05) is 5.75 Å². The third kappa shape index (κ3) is 4.73. The molecule has 1 amide bonds. The van der Waals surface area contributed by atoms with Crippen molar-refractivity contribution >= 4 is 22.0 Å². The number of nitrogens with one attached hydrogen (secondary N) is 1. The van der Waals surface area contributed by atoms with Crippen molar-refractivity contribution in [3.8, 4) is 5.75 Å². The highest BCUT2D eigenvalue weighted by Gasteiger charge is 2.26. The highest BCUT2D eigenvalue weighted by molar-refractivity contribution is 7.87. The van der Waals surface area contributed by atoms with E-state index in [4.69, 9.17) is 4.18 Å². The lowest BCUT2D eigenvalue weighted by Gasteiger charge is -2.21. The van der Waals surface area contributed by atoms with E-state index < -0.39 is 33.1 Å². The van der Waals surface area contributed by atoms with Crippen LogP contribution in [0.1, 0.15) is 48.4 Å². The Hall–Kier alpha value is -2.09. The van der Waals surface area contributed by atoms with Gasteiger partial charge in [0.1, 0.15) is 5.56 Å². The van der Waals surface area contributed by atoms with Gasteiger partial charge in [-0.2, -0.15) is 8.42 Å². The van der Waals surface area contributed by atoms with Crippen LogP contribution >= 0.6 is 0 Å². The summed E-state index contributed by atoms with van der Waals surface area (Å²) < 4.78 is 27.9. The highest BCUT2D eigenvalue weighted by atomic mass is 32.2. The van der Waals surface area contributed by atoms with Gasteiger partial charge < -0.3 is 14.6 Å². The standard InChI is InChI=1S/C14H19NO6S/c1-5-22(19,20)21-10-8-6-7-9(11(10)13(17)18)12(16)15-14(2,3)4/h6-8H,5H2,1-4H3,(H,15,16)(H,17,18). The molecule has 0 spiro atoms. The van der Waals surface area contributed by atoms with Crippen LogP contribution in [-0.2, 0) is 10.1 Å². The van der Waals surface area contributed by atoms with E-state index in [0.29, 0.717) is 0 Å². The van der Waals surface area contributed by atoms with E-state index in [1.807, 2.05) is 0 Å². The number of amides is 1. The summed E-state index contributed by atoms with van der Waals surface area (Å²) in [5.74, 6) is -2.76. The molecule has 0 radical (unpaired) electrons. The maximum absolute atomic E-state index is 12.2. The molecule has 1 aromatic carbocycles. The second-order valence-electron chi connectivity index (χ2n) is 5.62. The van der Waals surface area contributed by atoms with Gasteiger partial charge in [-0.3, -0.25) is 4.79 Å². The summed E-state index contributed by atoms with van der Waals surface area (Å²) in [6, 6.07) is 3.87. The summed E-state index contributed by atoms with van der Waals surface area (Å²) in [6.45, 7) is 6.60. The minimum atomic E-state index is -3.90. The lowest BCUT2D eigenvalue weighted by molar-refractivity contribution is 0.0687. The third-order valence-corrected chi connectivity index (χ3v) is 3.68. The number of benzene rings is 1. The predicted octanol–water partition coefficient (Wildman–Crippen LogP) is 1.64. The Balaban J connectivity index is 3.36. The fraction of sp³-hybridized carbons (Fsp3) is 0.429. The molecule has 0 aliphatic heterocycles. The van der Waals surface area contributed by atoms with Crippen molar-refractivity contribution < 1.29 is 27.3 Å². The number of carboxylic acid groups (broad SMARTS) is 1. The second kappa shape index (κ2) is 6.35. The molecule has 0 saturated carbocycles. The number of aromatic carboxylic acids is 1. The Kier molecular flexibility index (Phi) is 5.18. The summed E-state index contributed by atoms with van der Waals surface area (Å²) in [4.78, 5) is 23.6. The minimum absolute atomic E-state index is 0.161. The first-order chi connectivity index (χ1) is 9.97. The summed E-state index contributed by atoms with van der Waals surface area (Å²) in [5.41, 5.74) is -1.22. The van der Waals surface area contributed by atoms with Crippen LogP contribution in [0, 0.1) is 0 Å². The van der Waals surface area contributed by atoms with Crippen LogP contribution in [-0.4, -0.2) is 36.7 Å². The molecule has 0 fully saturated rings. The smallest absolute Gasteiger partial charge is 0.340 e. The average molecular weight is 329 g/mol. The molecule has 0 unspecified atom stereocenters. The Morgan fingerprint density at radius 3 is 2.32 bits per heavy atom. The Morgan fingerprint density at radius 2 is 1.86 bits per heavy atom. The first-order valence-corrected chi connectivity index (χ1v) is 8.15. The van der Waals surface area contributed by atoms with E-state index in [9.17, 15) is 23.1 Å². The zero-order valence-electron chi connectivity index (χ0n) is 12.8. The number of hydrogen-bond acceptors (Lipinski definition) is 5. The Labute approximate surface area is 129 Å². The van der Waals surface area contributed by atoms with E-state index in [0.717, 1.165) is 0 Å². The number of rotatable bonds is 5. The van der Waals surface area contributed by atoms with Crippen LogP contribution in [0.4, 0.5) is 0 Å². The maximum atomic E-state index is 12.2. The number of hydrogen-bond donors (Lipinski definition) is 2. The van der Waals surface area contributed by atoms with Crippen molar-refractivity contribution in [2.24, 2.45) is 0 Å². The Bertz CT molecular complexity index is 688. The summed E-state index contributed by atoms with van der Waals surface area (Å²) in [5, 5.41) is 11.9. The topological polar surface area (TPSA) is 110 Å². The summed E-state index contributed by atoms with van der Waals surface area (Å²) in [7, 11) is -3.90. The molecule has 8 heteroatoms. The average Bonchev–Trinajstić information content (AvgIpc) is 2.35. The van der Waals surface area contributed by atoms with Crippen LogP contribution in [0.15, 0.2) is 18.2 Å². The SMILES string of the molecule is CCS(=O)(=O)Oc1cccc(C(=O)NC(C)(C)C)c1C(=O)O. The molecular formula is C14H19NO6S. The van der Waals surface area contributed by atoms with Crippen LogP contribution in [0.25, 0.3) is 0 Å². The number of carbonyl (C=O) groups is 2. The molecule has 0 bridgehead atoms. The van der Waals surface area contributed by atoms with Crippen LogP contribution in [0.3, 0.4) is 0 Å². The van der Waals surface area contributed by atoms with Gasteiger partial charge in [0.25, 0.3) is 5.91 Å². The minimum Gasteiger partial charge on any atom is -0.478 e. The van der Waals surface area contributed by atoms with Crippen LogP contribution < -0.4 is 9.50 Å². The van der Waals surface area contributed by atoms with E-state index >= 15 is 0 Å². The Morgan fingerprint density at radius 1 is 1.27 bits per heavy atom. The molecule has 0 aliphatic rings. The van der Waals surface area contributed by atoms with Gasteiger partial charge in [0.05, 0.1) is 11.3 Å². The van der Waals surface area contributed by atoms with Gasteiger partial charge in [-0.05, 0) is 39.8 Å². The molecule has 0 saturated heterocycles. The van der Waals surface area contributed by atoms with Crippen molar-refractivity contribution in [2.45, 2.75) is 33.2 Å². The van der Waals surface area contributed by atoms with Crippen LogP contribution in [0.2, 0.25) is 0 Å². The van der Waals surface area contributed by atoms with Crippen molar-refractivity contribution in [3.05, 3.63) is 29.3 Å². The van der Waals surface area contributed by atoms with Gasteiger partial charge in [0.15, 0.2) is 5.75 Å². The van der Waals surface area contributed by atoms with Crippen molar-refractivity contribution in [3.63, 3.8) is 0 Å². The zero-order valence-corrected chi connectivity index (χ0v) is 13.7. The fourth-order valence-corrected chi connectivity index (χ4v) is 2.14. The predicted molar refractivity (Wildman–Crippen MR) is 80.7 cm³/mol. The molecule has 1 aromatic rings. The molecule has 0 aromatic heterocycles. The number of carbonyl (C=O) groups excluding carboxylic acids is 1. The van der Waals surface area contributed by atoms with E-state index in [2.05, 4.69) is 5.32 Å². The first-order valence-electron chi connectivity index (χ1n) is 6.58. The lowest BCUT2D eigenvalue weighted by atomic mass is 10.0. The normalized spacial score (nSPS) is 11.8. The van der Waals surface area contributed by atoms with Crippen molar-refractivity contribution in [1.82, 2.24) is 5.32 Å². The van der Waals surface area contributed by atoms with Gasteiger partial charge in [0.2, 0.25) is 0 Å². The molecule has 1 rings (SSSR count). The highest BCUT2D eigenvalue weighted by Crippen LogP contribution is 2.24. The zero-order chi connectivity index (χ0) is 17.1. The molecule has 0 atom stereocenters. The molecule has 22 heavy (non-hydrogen) atoms. The summed E-state index contributed by atoms with van der Waals surface area (Å²) >= 11 is 0. The second-order valence-corrected chi connectivity index (χ2v) is 7.48. The first kappa shape index (κ1) is 18.0. The van der Waals surface area contributed by atoms with Crippen molar-refractivity contribution in [1.29, 1.82) is 0 Å².